The van der Waals surface area contributed by atoms with Crippen molar-refractivity contribution in [2.24, 2.45) is 0 Å². The first kappa shape index (κ1) is 15.1. The van der Waals surface area contributed by atoms with Gasteiger partial charge in [-0.05, 0) is 18.2 Å². The summed E-state index contributed by atoms with van der Waals surface area (Å²) in [6, 6.07) is 12.8. The van der Waals surface area contributed by atoms with Crippen molar-refractivity contribution in [2.45, 2.75) is 6.36 Å². The molecule has 0 unspecified atom stereocenters. The summed E-state index contributed by atoms with van der Waals surface area (Å²) in [5, 5.41) is 0. The maximum Gasteiger partial charge on any atom is 0.573 e. The molecule has 0 aromatic heterocycles. The van der Waals surface area contributed by atoms with Crippen molar-refractivity contribution in [3.63, 3.8) is 0 Å². The predicted octanol–water partition coefficient (Wildman–Crippen LogP) is 4.10. The van der Waals surface area contributed by atoms with E-state index in [-0.39, 0.29) is 17.2 Å². The molecule has 1 aliphatic rings. The van der Waals surface area contributed by atoms with Crippen molar-refractivity contribution in [2.75, 3.05) is 11.9 Å². The van der Waals surface area contributed by atoms with E-state index in [1.807, 2.05) is 0 Å². The van der Waals surface area contributed by atoms with Gasteiger partial charge in [-0.25, -0.2) is 0 Å². The molecule has 0 spiro atoms. The maximum absolute atomic E-state index is 12.5. The van der Waals surface area contributed by atoms with Crippen molar-refractivity contribution in [1.82, 2.24) is 0 Å². The zero-order valence-corrected chi connectivity index (χ0v) is 12.1. The number of amides is 1. The molecule has 0 radical (unpaired) electrons. The van der Waals surface area contributed by atoms with Gasteiger partial charge in [0.05, 0.1) is 5.69 Å². The summed E-state index contributed by atoms with van der Waals surface area (Å²) in [6.07, 6.45) is -3.37. The number of hydrogen-bond donors (Lipinski definition) is 0. The fourth-order valence-electron chi connectivity index (χ4n) is 2.51. The first-order chi connectivity index (χ1) is 10.9. The second-order valence-electron chi connectivity index (χ2n) is 5.02. The number of halogens is 3. The maximum atomic E-state index is 12.5. The molecular formula is C17H12F3NO2. The summed E-state index contributed by atoms with van der Waals surface area (Å²) in [4.78, 5) is 13.8. The van der Waals surface area contributed by atoms with Crippen LogP contribution in [0, 0.1) is 0 Å². The Labute approximate surface area is 130 Å². The van der Waals surface area contributed by atoms with Gasteiger partial charge in [-0.2, -0.15) is 0 Å². The molecule has 0 saturated carbocycles. The minimum absolute atomic E-state index is 0.193. The van der Waals surface area contributed by atoms with Crippen LogP contribution in [0.2, 0.25) is 0 Å². The van der Waals surface area contributed by atoms with E-state index in [1.54, 1.807) is 37.4 Å². The molecule has 1 heterocycles. The molecule has 2 aromatic rings. The molecule has 0 atom stereocenters. The predicted molar refractivity (Wildman–Crippen MR) is 80.8 cm³/mol. The second kappa shape index (κ2) is 5.46. The number of likely N-dealkylation sites (N-methyl/N-ethyl adjacent to an activating group) is 1. The van der Waals surface area contributed by atoms with Crippen molar-refractivity contribution in [1.29, 1.82) is 0 Å². The number of fused-ring (bicyclic) bond motifs is 1. The van der Waals surface area contributed by atoms with E-state index in [9.17, 15) is 18.0 Å². The zero-order chi connectivity index (χ0) is 16.6. The number of ether oxygens (including phenoxy) is 1. The van der Waals surface area contributed by atoms with Crippen LogP contribution in [0.1, 0.15) is 11.1 Å². The van der Waals surface area contributed by atoms with Crippen LogP contribution in [0.3, 0.4) is 0 Å². The molecule has 0 fully saturated rings. The van der Waals surface area contributed by atoms with E-state index < -0.39 is 6.36 Å². The lowest BCUT2D eigenvalue weighted by Crippen LogP contribution is -2.20. The number of carbonyl (C=O) groups excluding carboxylic acids is 1. The van der Waals surface area contributed by atoms with Gasteiger partial charge in [0, 0.05) is 23.7 Å². The molecule has 3 rings (SSSR count). The van der Waals surface area contributed by atoms with Crippen molar-refractivity contribution >= 4 is 23.2 Å². The second-order valence-corrected chi connectivity index (χ2v) is 5.02. The number of para-hydroxylation sites is 2. The third-order valence-corrected chi connectivity index (χ3v) is 3.54. The molecule has 0 aliphatic carbocycles. The highest BCUT2D eigenvalue weighted by atomic mass is 19.4. The van der Waals surface area contributed by atoms with Gasteiger partial charge in [-0.15, -0.1) is 13.2 Å². The molecule has 0 N–H and O–H groups in total. The van der Waals surface area contributed by atoms with Gasteiger partial charge in [0.25, 0.3) is 5.91 Å². The Kier molecular flexibility index (Phi) is 3.60. The Balaban J connectivity index is 2.08. The summed E-state index contributed by atoms with van der Waals surface area (Å²) in [6.45, 7) is 0. The van der Waals surface area contributed by atoms with Crippen LogP contribution in [0.4, 0.5) is 18.9 Å². The van der Waals surface area contributed by atoms with Gasteiger partial charge in [-0.3, -0.25) is 4.79 Å². The van der Waals surface area contributed by atoms with E-state index in [2.05, 4.69) is 4.74 Å². The number of hydrogen-bond acceptors (Lipinski definition) is 2. The summed E-state index contributed by atoms with van der Waals surface area (Å²) in [7, 11) is 1.63. The van der Waals surface area contributed by atoms with Crippen LogP contribution in [-0.4, -0.2) is 19.3 Å². The van der Waals surface area contributed by atoms with Gasteiger partial charge < -0.3 is 9.64 Å². The van der Waals surface area contributed by atoms with Crippen LogP contribution < -0.4 is 9.64 Å². The molecule has 1 amide bonds. The zero-order valence-electron chi connectivity index (χ0n) is 12.1. The standard InChI is InChI=1S/C17H12F3NO2/c1-21-14-8-4-3-7-12(14)13(16(21)22)10-11-6-2-5-9-15(11)23-17(18,19)20/h2-10H,1H3. The van der Waals surface area contributed by atoms with E-state index in [0.717, 1.165) is 5.69 Å². The van der Waals surface area contributed by atoms with Gasteiger partial charge in [0.15, 0.2) is 0 Å². The van der Waals surface area contributed by atoms with Gasteiger partial charge >= 0.3 is 6.36 Å². The number of rotatable bonds is 2. The molecular weight excluding hydrogens is 307 g/mol. The van der Waals surface area contributed by atoms with Crippen LogP contribution in [0.15, 0.2) is 48.5 Å². The van der Waals surface area contributed by atoms with E-state index in [4.69, 9.17) is 0 Å². The Morgan fingerprint density at radius 2 is 1.70 bits per heavy atom. The lowest BCUT2D eigenvalue weighted by Gasteiger charge is -2.11. The quantitative estimate of drug-likeness (QED) is 0.780. The van der Waals surface area contributed by atoms with Gasteiger partial charge in [0.1, 0.15) is 5.75 Å². The first-order valence-corrected chi connectivity index (χ1v) is 6.81. The molecule has 23 heavy (non-hydrogen) atoms. The summed E-state index contributed by atoms with van der Waals surface area (Å²) in [5.74, 6) is -0.611. The molecule has 3 nitrogen and oxygen atoms in total. The lowest BCUT2D eigenvalue weighted by atomic mass is 10.0. The normalized spacial score (nSPS) is 15.9. The highest BCUT2D eigenvalue weighted by Crippen LogP contribution is 2.38. The van der Waals surface area contributed by atoms with Crippen molar-refractivity contribution in [3.8, 4) is 5.75 Å². The Morgan fingerprint density at radius 1 is 1.04 bits per heavy atom. The van der Waals surface area contributed by atoms with Crippen LogP contribution in [-0.2, 0) is 4.79 Å². The van der Waals surface area contributed by atoms with Gasteiger partial charge in [-0.1, -0.05) is 36.4 Å². The fraction of sp³-hybridized carbons (Fsp3) is 0.118. The topological polar surface area (TPSA) is 29.5 Å². The van der Waals surface area contributed by atoms with E-state index in [0.29, 0.717) is 11.1 Å². The molecule has 6 heteroatoms. The average Bonchev–Trinajstić information content (AvgIpc) is 2.73. The minimum atomic E-state index is -4.79. The average molecular weight is 319 g/mol. The van der Waals surface area contributed by atoms with Crippen LogP contribution in [0.25, 0.3) is 11.6 Å². The summed E-state index contributed by atoms with van der Waals surface area (Å²) >= 11 is 0. The van der Waals surface area contributed by atoms with Crippen molar-refractivity contribution < 1.29 is 22.7 Å². The third-order valence-electron chi connectivity index (χ3n) is 3.54. The Bertz CT molecular complexity index is 796. The number of benzene rings is 2. The smallest absolute Gasteiger partial charge is 0.405 e. The minimum Gasteiger partial charge on any atom is -0.405 e. The molecule has 0 saturated heterocycles. The first-order valence-electron chi connectivity index (χ1n) is 6.81. The highest BCUT2D eigenvalue weighted by molar-refractivity contribution is 6.35. The summed E-state index contributed by atoms with van der Waals surface area (Å²) < 4.78 is 41.5. The van der Waals surface area contributed by atoms with E-state index in [1.165, 1.54) is 29.2 Å². The molecule has 2 aromatic carbocycles. The number of nitrogens with zero attached hydrogens (tertiary/aromatic N) is 1. The van der Waals surface area contributed by atoms with E-state index >= 15 is 0 Å². The SMILES string of the molecule is CN1C(=O)C(=Cc2ccccc2OC(F)(F)F)c2ccccc21. The molecule has 118 valence electrons. The molecule has 0 bridgehead atoms. The summed E-state index contributed by atoms with van der Waals surface area (Å²) in [5.41, 5.74) is 1.93. The lowest BCUT2D eigenvalue weighted by molar-refractivity contribution is -0.274. The van der Waals surface area contributed by atoms with Gasteiger partial charge in [0.2, 0.25) is 0 Å². The molecule has 1 aliphatic heterocycles. The number of alkyl halides is 3. The third kappa shape index (κ3) is 2.92. The largest absolute Gasteiger partial charge is 0.573 e. The van der Waals surface area contributed by atoms with Crippen LogP contribution >= 0.6 is 0 Å². The monoisotopic (exact) mass is 319 g/mol. The highest BCUT2D eigenvalue weighted by Gasteiger charge is 2.33. The fourth-order valence-corrected chi connectivity index (χ4v) is 2.51. The number of carbonyl (C=O) groups is 1. The Hall–Kier alpha value is -2.76. The van der Waals surface area contributed by atoms with Crippen LogP contribution in [0.5, 0.6) is 5.75 Å². The Morgan fingerprint density at radius 3 is 2.43 bits per heavy atom. The number of anilines is 1. The van der Waals surface area contributed by atoms with Crippen molar-refractivity contribution in [3.05, 3.63) is 59.7 Å².